The van der Waals surface area contributed by atoms with Gasteiger partial charge in [-0.2, -0.15) is 0 Å². The Bertz CT molecular complexity index is 246. The van der Waals surface area contributed by atoms with Crippen LogP contribution in [0.3, 0.4) is 0 Å². The van der Waals surface area contributed by atoms with Crippen LogP contribution in [0.5, 0.6) is 0 Å². The Hall–Kier alpha value is -0.320. The van der Waals surface area contributed by atoms with Crippen LogP contribution in [-0.2, 0) is 4.79 Å². The van der Waals surface area contributed by atoms with Crippen molar-refractivity contribution in [2.24, 2.45) is 11.7 Å². The van der Waals surface area contributed by atoms with Crippen molar-refractivity contribution in [1.82, 2.24) is 10.2 Å². The third-order valence-corrected chi connectivity index (χ3v) is 3.33. The highest BCUT2D eigenvalue weighted by Gasteiger charge is 2.26. The summed E-state index contributed by atoms with van der Waals surface area (Å²) in [6.07, 6.45) is 3.53. The van der Waals surface area contributed by atoms with Gasteiger partial charge >= 0.3 is 0 Å². The summed E-state index contributed by atoms with van der Waals surface area (Å²) in [7, 11) is 0. The van der Waals surface area contributed by atoms with E-state index in [0.29, 0.717) is 18.5 Å². The molecule has 2 unspecified atom stereocenters. The zero-order valence-electron chi connectivity index (χ0n) is 11.8. The number of amides is 1. The minimum atomic E-state index is 0. The normalized spacial score (nSPS) is 22.4. The molecule has 2 atom stereocenters. The van der Waals surface area contributed by atoms with Gasteiger partial charge in [0.05, 0.1) is 6.54 Å². The van der Waals surface area contributed by atoms with E-state index in [4.69, 9.17) is 5.73 Å². The number of nitrogens with one attached hydrogen (secondary N) is 1. The van der Waals surface area contributed by atoms with Gasteiger partial charge in [0.1, 0.15) is 0 Å². The summed E-state index contributed by atoms with van der Waals surface area (Å²) in [6, 6.07) is 0.516. The van der Waals surface area contributed by atoms with Gasteiger partial charge in [-0.15, -0.1) is 12.4 Å². The molecule has 1 rings (SSSR count). The smallest absolute Gasteiger partial charge is 0.234 e. The fraction of sp³-hybridized carbons (Fsp3) is 0.923. The van der Waals surface area contributed by atoms with Crippen LogP contribution in [0.25, 0.3) is 0 Å². The predicted octanol–water partition coefficient (Wildman–Crippen LogP) is 1.38. The molecule has 0 aromatic rings. The van der Waals surface area contributed by atoms with Crippen molar-refractivity contribution in [3.05, 3.63) is 0 Å². The van der Waals surface area contributed by atoms with Crippen LogP contribution in [0.1, 0.15) is 40.0 Å². The monoisotopic (exact) mass is 277 g/mol. The summed E-state index contributed by atoms with van der Waals surface area (Å²) in [6.45, 7) is 8.50. The zero-order chi connectivity index (χ0) is 12.8. The lowest BCUT2D eigenvalue weighted by molar-refractivity contribution is -0.123. The van der Waals surface area contributed by atoms with Gasteiger partial charge in [-0.3, -0.25) is 9.69 Å². The quantitative estimate of drug-likeness (QED) is 0.798. The first-order chi connectivity index (χ1) is 8.00. The third kappa shape index (κ3) is 6.03. The molecule has 1 amide bonds. The number of rotatable bonds is 5. The number of nitrogens with two attached hydrogens (primary N) is 1. The van der Waals surface area contributed by atoms with Crippen molar-refractivity contribution in [3.8, 4) is 0 Å². The van der Waals surface area contributed by atoms with E-state index in [1.165, 1.54) is 12.8 Å². The van der Waals surface area contributed by atoms with Crippen molar-refractivity contribution < 1.29 is 4.79 Å². The van der Waals surface area contributed by atoms with Crippen LogP contribution < -0.4 is 11.1 Å². The highest BCUT2D eigenvalue weighted by atomic mass is 35.5. The molecule has 18 heavy (non-hydrogen) atoms. The summed E-state index contributed by atoms with van der Waals surface area (Å²) >= 11 is 0. The maximum atomic E-state index is 11.8. The molecule has 0 aliphatic carbocycles. The molecular formula is C13H28ClN3O. The lowest BCUT2D eigenvalue weighted by Crippen LogP contribution is -2.52. The Morgan fingerprint density at radius 1 is 1.39 bits per heavy atom. The molecule has 0 aromatic heterocycles. The van der Waals surface area contributed by atoms with E-state index in [1.807, 2.05) is 6.92 Å². The molecule has 0 aromatic carbocycles. The van der Waals surface area contributed by atoms with Gasteiger partial charge in [0.2, 0.25) is 5.91 Å². The van der Waals surface area contributed by atoms with E-state index in [9.17, 15) is 4.79 Å². The third-order valence-electron chi connectivity index (χ3n) is 3.33. The molecule has 1 aliphatic rings. The number of halogens is 1. The van der Waals surface area contributed by atoms with E-state index >= 15 is 0 Å². The van der Waals surface area contributed by atoms with Crippen LogP contribution in [0.4, 0.5) is 0 Å². The maximum Gasteiger partial charge on any atom is 0.234 e. The van der Waals surface area contributed by atoms with E-state index in [0.717, 1.165) is 19.5 Å². The number of likely N-dealkylation sites (tertiary alicyclic amines) is 1. The molecule has 1 saturated heterocycles. The molecule has 0 bridgehead atoms. The molecule has 1 aliphatic heterocycles. The van der Waals surface area contributed by atoms with Crippen LogP contribution in [-0.4, -0.2) is 42.5 Å². The second-order valence-corrected chi connectivity index (χ2v) is 5.59. The number of piperidine rings is 1. The van der Waals surface area contributed by atoms with E-state index in [2.05, 4.69) is 24.1 Å². The highest BCUT2D eigenvalue weighted by Crippen LogP contribution is 2.18. The molecule has 0 saturated carbocycles. The summed E-state index contributed by atoms with van der Waals surface area (Å²) < 4.78 is 0. The standard InChI is InChI=1S/C13H27N3O.ClH/c1-10(2)8-15-13(17)9-16-7-5-4-6-12(16)11(3)14;/h10-12H,4-9,14H2,1-3H3,(H,15,17);1H. The molecule has 108 valence electrons. The van der Waals surface area contributed by atoms with Crippen molar-refractivity contribution in [3.63, 3.8) is 0 Å². The molecule has 0 radical (unpaired) electrons. The minimum absolute atomic E-state index is 0. The van der Waals surface area contributed by atoms with Gasteiger partial charge in [0.25, 0.3) is 0 Å². The van der Waals surface area contributed by atoms with E-state index in [-0.39, 0.29) is 24.4 Å². The van der Waals surface area contributed by atoms with Gasteiger partial charge in [-0.25, -0.2) is 0 Å². The molecule has 5 heteroatoms. The summed E-state index contributed by atoms with van der Waals surface area (Å²) in [5.74, 6) is 0.635. The van der Waals surface area contributed by atoms with Gasteiger partial charge in [0.15, 0.2) is 0 Å². The fourth-order valence-corrected chi connectivity index (χ4v) is 2.37. The average molecular weight is 278 g/mol. The Morgan fingerprint density at radius 3 is 2.61 bits per heavy atom. The van der Waals surface area contributed by atoms with E-state index < -0.39 is 0 Å². The predicted molar refractivity (Wildman–Crippen MR) is 78.0 cm³/mol. The first kappa shape index (κ1) is 17.7. The van der Waals surface area contributed by atoms with Crippen LogP contribution in [0, 0.1) is 5.92 Å². The van der Waals surface area contributed by atoms with Crippen LogP contribution in [0.2, 0.25) is 0 Å². The zero-order valence-corrected chi connectivity index (χ0v) is 12.6. The summed E-state index contributed by atoms with van der Waals surface area (Å²) in [5.41, 5.74) is 5.98. The molecule has 1 heterocycles. The lowest BCUT2D eigenvalue weighted by Gasteiger charge is -2.37. The molecule has 1 fully saturated rings. The lowest BCUT2D eigenvalue weighted by atomic mass is 9.97. The van der Waals surface area contributed by atoms with Gasteiger partial charge in [-0.1, -0.05) is 20.3 Å². The molecule has 3 N–H and O–H groups in total. The molecular weight excluding hydrogens is 250 g/mol. The van der Waals surface area contributed by atoms with Crippen LogP contribution in [0.15, 0.2) is 0 Å². The topological polar surface area (TPSA) is 58.4 Å². The summed E-state index contributed by atoms with van der Waals surface area (Å²) in [4.78, 5) is 14.0. The Labute approximate surface area is 117 Å². The van der Waals surface area contributed by atoms with Crippen molar-refractivity contribution in [2.45, 2.75) is 52.1 Å². The largest absolute Gasteiger partial charge is 0.355 e. The first-order valence-electron chi connectivity index (χ1n) is 6.77. The van der Waals surface area contributed by atoms with Crippen molar-refractivity contribution in [1.29, 1.82) is 0 Å². The fourth-order valence-electron chi connectivity index (χ4n) is 2.37. The van der Waals surface area contributed by atoms with Crippen molar-refractivity contribution in [2.75, 3.05) is 19.6 Å². The molecule has 0 spiro atoms. The maximum absolute atomic E-state index is 11.8. The second-order valence-electron chi connectivity index (χ2n) is 5.59. The Morgan fingerprint density at radius 2 is 2.06 bits per heavy atom. The van der Waals surface area contributed by atoms with Crippen molar-refractivity contribution >= 4 is 18.3 Å². The average Bonchev–Trinajstić information content (AvgIpc) is 2.27. The Kier molecular flexibility index (Phi) is 8.57. The summed E-state index contributed by atoms with van der Waals surface area (Å²) in [5, 5.41) is 2.97. The number of hydrogen-bond acceptors (Lipinski definition) is 3. The van der Waals surface area contributed by atoms with Gasteiger partial charge in [0, 0.05) is 18.6 Å². The van der Waals surface area contributed by atoms with Gasteiger partial charge in [-0.05, 0) is 32.2 Å². The Balaban J connectivity index is 0.00000289. The number of hydrogen-bond donors (Lipinski definition) is 2. The van der Waals surface area contributed by atoms with Crippen LogP contribution >= 0.6 is 12.4 Å². The van der Waals surface area contributed by atoms with Gasteiger partial charge < -0.3 is 11.1 Å². The van der Waals surface area contributed by atoms with E-state index in [1.54, 1.807) is 0 Å². The minimum Gasteiger partial charge on any atom is -0.355 e. The number of carbonyl (C=O) groups is 1. The first-order valence-corrected chi connectivity index (χ1v) is 6.77. The second kappa shape index (κ2) is 8.73. The SMILES string of the molecule is CC(C)CNC(=O)CN1CCCCC1C(C)N.Cl. The number of nitrogens with zero attached hydrogens (tertiary/aromatic N) is 1. The molecule has 4 nitrogen and oxygen atoms in total. The number of carbonyl (C=O) groups excluding carboxylic acids is 1. The highest BCUT2D eigenvalue weighted by molar-refractivity contribution is 5.85.